The van der Waals surface area contributed by atoms with Crippen LogP contribution < -0.4 is 14.8 Å². The molecule has 20 heavy (non-hydrogen) atoms. The topological polar surface area (TPSA) is 30.5 Å². The summed E-state index contributed by atoms with van der Waals surface area (Å²) in [6, 6.07) is 6.10. The summed E-state index contributed by atoms with van der Waals surface area (Å²) in [6.45, 7) is 7.74. The molecule has 1 aliphatic heterocycles. The van der Waals surface area contributed by atoms with Crippen LogP contribution in [-0.4, -0.2) is 10.3 Å². The van der Waals surface area contributed by atoms with E-state index in [2.05, 4.69) is 60.8 Å². The molecule has 1 heterocycles. The predicted octanol–water partition coefficient (Wildman–Crippen LogP) is 4.40. The van der Waals surface area contributed by atoms with Crippen molar-refractivity contribution in [2.24, 2.45) is 0 Å². The van der Waals surface area contributed by atoms with Gasteiger partial charge < -0.3 is 9.47 Å². The summed E-state index contributed by atoms with van der Waals surface area (Å²) in [7, 11) is 0. The average molecular weight is 387 g/mol. The van der Waals surface area contributed by atoms with Crippen LogP contribution in [0.3, 0.4) is 0 Å². The van der Waals surface area contributed by atoms with Crippen molar-refractivity contribution in [2.45, 2.75) is 43.7 Å². The van der Waals surface area contributed by atoms with Crippen LogP contribution in [0.25, 0.3) is 0 Å². The van der Waals surface area contributed by atoms with E-state index in [9.17, 15) is 0 Å². The van der Waals surface area contributed by atoms with Crippen LogP contribution in [0.4, 0.5) is 0 Å². The van der Waals surface area contributed by atoms with Crippen molar-refractivity contribution in [3.63, 3.8) is 0 Å². The van der Waals surface area contributed by atoms with Crippen molar-refractivity contribution in [3.05, 3.63) is 35.4 Å². The van der Waals surface area contributed by atoms with Crippen LogP contribution in [0.2, 0.25) is 0 Å². The number of rotatable bonds is 6. The highest BCUT2D eigenvalue weighted by molar-refractivity contribution is 14.1. The summed E-state index contributed by atoms with van der Waals surface area (Å²) in [5, 5.41) is 3.57. The van der Waals surface area contributed by atoms with E-state index in [0.29, 0.717) is 6.79 Å². The van der Waals surface area contributed by atoms with E-state index < -0.39 is 0 Å². The van der Waals surface area contributed by atoms with Crippen molar-refractivity contribution in [3.8, 4) is 11.5 Å². The van der Waals surface area contributed by atoms with Gasteiger partial charge in [0.2, 0.25) is 6.79 Å². The Hall–Kier alpha value is -0.750. The van der Waals surface area contributed by atoms with E-state index >= 15 is 0 Å². The van der Waals surface area contributed by atoms with Crippen molar-refractivity contribution < 1.29 is 9.47 Å². The summed E-state index contributed by atoms with van der Waals surface area (Å²) in [5.74, 6) is 1.68. The van der Waals surface area contributed by atoms with Gasteiger partial charge in [0.15, 0.2) is 11.5 Å². The molecule has 0 spiro atoms. The van der Waals surface area contributed by atoms with Gasteiger partial charge in [-0.15, -0.1) is 0 Å². The van der Waals surface area contributed by atoms with Gasteiger partial charge in [0.25, 0.3) is 0 Å². The Morgan fingerprint density at radius 3 is 2.90 bits per heavy atom. The van der Waals surface area contributed by atoms with Gasteiger partial charge in [0, 0.05) is 6.54 Å². The number of allylic oxidation sites excluding steroid dienone is 1. The fourth-order valence-corrected chi connectivity index (χ4v) is 3.03. The zero-order valence-electron chi connectivity index (χ0n) is 12.3. The van der Waals surface area contributed by atoms with Crippen LogP contribution in [0.5, 0.6) is 11.5 Å². The molecule has 1 unspecified atom stereocenters. The normalized spacial score (nSPS) is 17.1. The van der Waals surface area contributed by atoms with Crippen molar-refractivity contribution >= 4 is 22.6 Å². The molecule has 1 N–H and O–H groups in total. The standard InChI is InChI=1S/C16H22INO2/c1-4-5-12(2)9-16(3,17)18-10-13-6-7-14-15(8-13)20-11-19-14/h6-9,18H,4-5,10-11H2,1-3H3/b12-9+. The molecule has 0 aromatic heterocycles. The SMILES string of the molecule is CCC/C(C)=C/C(C)(I)NCc1ccc2c(c1)OCO2. The number of ether oxygens (including phenoxy) is 2. The Labute approximate surface area is 134 Å². The third kappa shape index (κ3) is 4.38. The lowest BCUT2D eigenvalue weighted by atomic mass is 10.1. The molecule has 110 valence electrons. The molecule has 3 nitrogen and oxygen atoms in total. The molecule has 0 amide bonds. The molecule has 0 saturated heterocycles. The molecule has 0 aliphatic carbocycles. The maximum atomic E-state index is 5.40. The molecule has 2 rings (SSSR count). The third-order valence-corrected chi connectivity index (χ3v) is 3.93. The van der Waals surface area contributed by atoms with E-state index in [1.807, 2.05) is 12.1 Å². The van der Waals surface area contributed by atoms with Crippen LogP contribution >= 0.6 is 22.6 Å². The maximum absolute atomic E-state index is 5.40. The zero-order chi connectivity index (χ0) is 14.6. The first-order valence-electron chi connectivity index (χ1n) is 7.01. The van der Waals surface area contributed by atoms with Gasteiger partial charge in [-0.2, -0.15) is 0 Å². The van der Waals surface area contributed by atoms with E-state index in [0.717, 1.165) is 24.5 Å². The number of benzene rings is 1. The molecule has 0 radical (unpaired) electrons. The molecule has 0 saturated carbocycles. The number of alkyl halides is 1. The first-order valence-corrected chi connectivity index (χ1v) is 8.09. The number of hydrogen-bond donors (Lipinski definition) is 1. The second-order valence-electron chi connectivity index (χ2n) is 5.36. The second kappa shape index (κ2) is 6.80. The minimum atomic E-state index is -0.0343. The summed E-state index contributed by atoms with van der Waals surface area (Å²) in [6.07, 6.45) is 4.66. The number of halogens is 1. The van der Waals surface area contributed by atoms with Gasteiger partial charge >= 0.3 is 0 Å². The van der Waals surface area contributed by atoms with Crippen LogP contribution in [0.15, 0.2) is 29.8 Å². The monoisotopic (exact) mass is 387 g/mol. The van der Waals surface area contributed by atoms with E-state index in [-0.39, 0.29) is 3.55 Å². The minimum Gasteiger partial charge on any atom is -0.454 e. The maximum Gasteiger partial charge on any atom is 0.231 e. The van der Waals surface area contributed by atoms with Crippen molar-refractivity contribution in [2.75, 3.05) is 6.79 Å². The van der Waals surface area contributed by atoms with E-state index in [4.69, 9.17) is 9.47 Å². The zero-order valence-corrected chi connectivity index (χ0v) is 14.5. The molecule has 0 fully saturated rings. The fourth-order valence-electron chi connectivity index (χ4n) is 2.31. The highest BCUT2D eigenvalue weighted by Gasteiger charge is 2.17. The number of hydrogen-bond acceptors (Lipinski definition) is 3. The van der Waals surface area contributed by atoms with Gasteiger partial charge in [0.1, 0.15) is 0 Å². The quantitative estimate of drug-likeness (QED) is 0.340. The summed E-state index contributed by atoms with van der Waals surface area (Å²) in [5.41, 5.74) is 2.64. The van der Waals surface area contributed by atoms with Gasteiger partial charge in [-0.1, -0.05) is 53.7 Å². The van der Waals surface area contributed by atoms with E-state index in [1.165, 1.54) is 17.6 Å². The number of nitrogens with one attached hydrogen (secondary N) is 1. The minimum absolute atomic E-state index is 0.0343. The van der Waals surface area contributed by atoms with Gasteiger partial charge in [-0.05, 0) is 38.0 Å². The molecule has 4 heteroatoms. The van der Waals surface area contributed by atoms with Crippen LogP contribution in [-0.2, 0) is 6.54 Å². The molecular formula is C16H22INO2. The highest BCUT2D eigenvalue weighted by atomic mass is 127. The Kier molecular flexibility index (Phi) is 5.32. The highest BCUT2D eigenvalue weighted by Crippen LogP contribution is 2.32. The Balaban J connectivity index is 1.95. The molecule has 1 aromatic carbocycles. The number of fused-ring (bicyclic) bond motifs is 1. The van der Waals surface area contributed by atoms with Gasteiger partial charge in [-0.25, -0.2) is 0 Å². The molecule has 1 aromatic rings. The van der Waals surface area contributed by atoms with Gasteiger partial charge in [-0.3, -0.25) is 5.32 Å². The lowest BCUT2D eigenvalue weighted by molar-refractivity contribution is 0.174. The lowest BCUT2D eigenvalue weighted by Crippen LogP contribution is -2.33. The Morgan fingerprint density at radius 1 is 1.40 bits per heavy atom. The lowest BCUT2D eigenvalue weighted by Gasteiger charge is -2.22. The Morgan fingerprint density at radius 2 is 2.15 bits per heavy atom. The van der Waals surface area contributed by atoms with E-state index in [1.54, 1.807) is 0 Å². The average Bonchev–Trinajstić information content (AvgIpc) is 2.83. The molecule has 0 bridgehead atoms. The largest absolute Gasteiger partial charge is 0.454 e. The summed E-state index contributed by atoms with van der Waals surface area (Å²) >= 11 is 2.45. The Bertz CT molecular complexity index is 497. The van der Waals surface area contributed by atoms with Crippen molar-refractivity contribution in [1.82, 2.24) is 5.32 Å². The third-order valence-electron chi connectivity index (χ3n) is 3.24. The van der Waals surface area contributed by atoms with Crippen LogP contribution in [0, 0.1) is 0 Å². The molecule has 1 aliphatic rings. The summed E-state index contributed by atoms with van der Waals surface area (Å²) in [4.78, 5) is 0. The van der Waals surface area contributed by atoms with Crippen molar-refractivity contribution in [1.29, 1.82) is 0 Å². The second-order valence-corrected chi connectivity index (χ2v) is 7.60. The molecular weight excluding hydrogens is 365 g/mol. The summed E-state index contributed by atoms with van der Waals surface area (Å²) < 4.78 is 10.7. The van der Waals surface area contributed by atoms with Crippen LogP contribution in [0.1, 0.15) is 39.2 Å². The van der Waals surface area contributed by atoms with Gasteiger partial charge in [0.05, 0.1) is 3.55 Å². The predicted molar refractivity (Wildman–Crippen MR) is 90.5 cm³/mol. The first kappa shape index (κ1) is 15.6. The smallest absolute Gasteiger partial charge is 0.231 e. The fraction of sp³-hybridized carbons (Fsp3) is 0.500. The first-order chi connectivity index (χ1) is 9.50. The molecule has 1 atom stereocenters.